The van der Waals surface area contributed by atoms with Gasteiger partial charge < -0.3 is 18.8 Å². The van der Waals surface area contributed by atoms with Gasteiger partial charge in [-0.25, -0.2) is 0 Å². The zero-order valence-electron chi connectivity index (χ0n) is 41.5. The van der Waals surface area contributed by atoms with E-state index in [1.165, 1.54) is 162 Å². The van der Waals surface area contributed by atoms with E-state index in [1.54, 1.807) is 5.56 Å². The number of para-hydroxylation sites is 3. The Bertz CT molecular complexity index is 3830. The van der Waals surface area contributed by atoms with Crippen molar-refractivity contribution in [1.82, 2.24) is 9.13 Å². The second-order valence-electron chi connectivity index (χ2n) is 22.1. The molecule has 8 aromatic carbocycles. The standard InChI is InChI=1S/C67H58BN3OSi/c1-4-20-47(21-5-1)73(48-22-6-2-7-23-48)65-42-45(70-59-33-17-12-27-52(59)53-28-13-18-34-60(53)70)37-39-56(65)68-55-38-36-44(69-57-31-15-10-25-50(57)51-26-11-16-32-58(51)69)40-63(55)72-64-41-46(43-66(73)67(64)68)71-61-30-9-3-8-24-49(61)54-29-14-19-35-62(54)71/h1-2,4-7,10,12,14-15,17,19-23,25,27,29,31,33,35-43,49,61H,3,8-9,11,13,16,18,24,26,28,30,32,34H2. The summed E-state index contributed by atoms with van der Waals surface area (Å²) in [5.74, 6) is 2.50. The lowest BCUT2D eigenvalue weighted by Crippen LogP contribution is -2.87. The molecule has 1 fully saturated rings. The van der Waals surface area contributed by atoms with E-state index in [1.807, 2.05) is 0 Å². The van der Waals surface area contributed by atoms with Crippen molar-refractivity contribution in [2.45, 2.75) is 95.4 Å². The molecule has 2 unspecified atom stereocenters. The first kappa shape index (κ1) is 42.3. The van der Waals surface area contributed by atoms with Crippen molar-refractivity contribution in [3.05, 3.63) is 210 Å². The van der Waals surface area contributed by atoms with Crippen LogP contribution in [0.4, 0.5) is 11.4 Å². The third-order valence-corrected chi connectivity index (χ3v) is 23.4. The van der Waals surface area contributed by atoms with Gasteiger partial charge in [-0.2, -0.15) is 0 Å². The Morgan fingerprint density at radius 3 is 1.71 bits per heavy atom. The van der Waals surface area contributed by atoms with Crippen LogP contribution in [-0.2, 0) is 25.7 Å². The Balaban J connectivity index is 1.01. The molecule has 5 heterocycles. The molecule has 6 heteroatoms. The summed E-state index contributed by atoms with van der Waals surface area (Å²) < 4.78 is 13.0. The van der Waals surface area contributed by atoms with E-state index >= 15 is 0 Å². The van der Waals surface area contributed by atoms with Crippen LogP contribution in [0.15, 0.2) is 182 Å². The average molecular weight is 960 g/mol. The minimum Gasteiger partial charge on any atom is -0.458 e. The molecule has 3 aliphatic carbocycles. The van der Waals surface area contributed by atoms with Gasteiger partial charge in [0.15, 0.2) is 8.07 Å². The van der Waals surface area contributed by atoms with Crippen molar-refractivity contribution >= 4 is 85.1 Å². The second kappa shape index (κ2) is 16.4. The number of benzene rings is 8. The number of nitrogens with zero attached hydrogens (tertiary/aromatic N) is 3. The fourth-order valence-corrected chi connectivity index (χ4v) is 21.0. The van der Waals surface area contributed by atoms with E-state index in [4.69, 9.17) is 4.74 Å². The molecule has 0 radical (unpaired) electrons. The Morgan fingerprint density at radius 1 is 0.452 bits per heavy atom. The van der Waals surface area contributed by atoms with Gasteiger partial charge in [0, 0.05) is 69.0 Å². The van der Waals surface area contributed by atoms with Gasteiger partial charge in [-0.15, -0.1) is 0 Å². The van der Waals surface area contributed by atoms with Gasteiger partial charge in [0.05, 0.1) is 11.0 Å². The third-order valence-electron chi connectivity index (χ3n) is 18.6. The Hall–Kier alpha value is -7.28. The molecule has 6 aliphatic rings. The molecule has 0 saturated heterocycles. The molecule has 3 aliphatic heterocycles. The van der Waals surface area contributed by atoms with Crippen molar-refractivity contribution in [3.8, 4) is 22.9 Å². The van der Waals surface area contributed by atoms with Crippen LogP contribution in [0.2, 0.25) is 0 Å². The number of hydrogen-bond acceptors (Lipinski definition) is 2. The highest BCUT2D eigenvalue weighted by atomic mass is 28.3. The largest absolute Gasteiger partial charge is 0.458 e. The van der Waals surface area contributed by atoms with E-state index in [2.05, 4.69) is 196 Å². The van der Waals surface area contributed by atoms with Gasteiger partial charge in [0.1, 0.15) is 11.5 Å². The van der Waals surface area contributed by atoms with Crippen LogP contribution in [0.3, 0.4) is 0 Å². The summed E-state index contributed by atoms with van der Waals surface area (Å²) in [6.45, 7) is -0.0175. The summed E-state index contributed by atoms with van der Waals surface area (Å²) in [6.07, 6.45) is 15.7. The second-order valence-corrected chi connectivity index (χ2v) is 25.9. The number of hydrogen-bond donors (Lipinski definition) is 0. The topological polar surface area (TPSA) is 22.3 Å². The SMILES string of the molecule is c1ccc([Si]2(c3ccccc3)c3cc(-n4c5c(c6ccccc64)CCCC5)ccc3B3c4ccc(-n5c6c(c7ccccc75)CCCC6)cc4Oc4cc(N5c6ccccc6C6CCCCCC65)cc2c43)cc1. The molecular formula is C67H58BN3OSi. The molecule has 2 atom stereocenters. The first-order chi connectivity index (χ1) is 36.2. The minimum atomic E-state index is -3.15. The number of rotatable bonds is 5. The summed E-state index contributed by atoms with van der Waals surface area (Å²) >= 11 is 0. The van der Waals surface area contributed by atoms with Gasteiger partial charge in [-0.05, 0) is 155 Å². The van der Waals surface area contributed by atoms with E-state index in [-0.39, 0.29) is 6.71 Å². The number of aryl methyl sites for hydroxylation is 2. The molecule has 2 aromatic heterocycles. The zero-order chi connectivity index (χ0) is 47.8. The van der Waals surface area contributed by atoms with Gasteiger partial charge in [0.25, 0.3) is 6.71 Å². The van der Waals surface area contributed by atoms with Gasteiger partial charge in [-0.1, -0.05) is 152 Å². The number of fused-ring (bicyclic) bond motifs is 13. The van der Waals surface area contributed by atoms with Crippen LogP contribution in [-0.4, -0.2) is 30.0 Å². The normalized spacial score (nSPS) is 19.0. The first-order valence-corrected chi connectivity index (χ1v) is 29.6. The molecule has 0 spiro atoms. The predicted molar refractivity (Wildman–Crippen MR) is 306 cm³/mol. The Kier molecular flexibility index (Phi) is 9.47. The number of ether oxygens (including phenoxy) is 1. The molecule has 0 N–H and O–H groups in total. The van der Waals surface area contributed by atoms with Crippen LogP contribution in [0.1, 0.15) is 91.8 Å². The summed E-state index contributed by atoms with van der Waals surface area (Å²) in [6, 6.07) is 71.7. The van der Waals surface area contributed by atoms with Crippen LogP contribution in [0.5, 0.6) is 11.5 Å². The Labute approximate surface area is 430 Å². The molecule has 16 rings (SSSR count). The Morgan fingerprint density at radius 2 is 1.01 bits per heavy atom. The van der Waals surface area contributed by atoms with Crippen LogP contribution in [0.25, 0.3) is 33.2 Å². The maximum Gasteiger partial charge on any atom is 0.250 e. The number of aromatic nitrogens is 2. The lowest BCUT2D eigenvalue weighted by molar-refractivity contribution is 0.486. The van der Waals surface area contributed by atoms with Crippen molar-refractivity contribution in [3.63, 3.8) is 0 Å². The highest BCUT2D eigenvalue weighted by Gasteiger charge is 2.54. The van der Waals surface area contributed by atoms with E-state index < -0.39 is 8.07 Å². The van der Waals surface area contributed by atoms with E-state index in [0.29, 0.717) is 12.0 Å². The summed E-state index contributed by atoms with van der Waals surface area (Å²) in [5, 5.41) is 8.59. The zero-order valence-corrected chi connectivity index (χ0v) is 42.5. The quantitative estimate of drug-likeness (QED) is 0.160. The first-order valence-electron chi connectivity index (χ1n) is 27.6. The van der Waals surface area contributed by atoms with Gasteiger partial charge in [-0.3, -0.25) is 0 Å². The lowest BCUT2D eigenvalue weighted by Gasteiger charge is -2.45. The van der Waals surface area contributed by atoms with Gasteiger partial charge in [0.2, 0.25) is 0 Å². The summed E-state index contributed by atoms with van der Waals surface area (Å²) in [5.41, 5.74) is 19.3. The van der Waals surface area contributed by atoms with Gasteiger partial charge >= 0.3 is 0 Å². The highest BCUT2D eigenvalue weighted by molar-refractivity contribution is 7.26. The van der Waals surface area contributed by atoms with Crippen LogP contribution < -0.4 is 46.8 Å². The molecule has 0 bridgehead atoms. The molecule has 1 saturated carbocycles. The molecule has 4 nitrogen and oxygen atoms in total. The molecule has 0 amide bonds. The van der Waals surface area contributed by atoms with Crippen LogP contribution in [0, 0.1) is 0 Å². The third kappa shape index (κ3) is 6.02. The van der Waals surface area contributed by atoms with Crippen molar-refractivity contribution in [2.75, 3.05) is 4.90 Å². The van der Waals surface area contributed by atoms with Crippen LogP contribution >= 0.6 is 0 Å². The molecule has 354 valence electrons. The fraction of sp³-hybridized carbons (Fsp3) is 0.224. The monoisotopic (exact) mass is 959 g/mol. The maximum atomic E-state index is 7.72. The molecule has 10 aromatic rings. The van der Waals surface area contributed by atoms with Crippen molar-refractivity contribution in [2.24, 2.45) is 0 Å². The lowest BCUT2D eigenvalue weighted by atomic mass is 9.35. The van der Waals surface area contributed by atoms with Crippen molar-refractivity contribution < 1.29 is 4.74 Å². The molecule has 73 heavy (non-hydrogen) atoms. The fourth-order valence-electron chi connectivity index (χ4n) is 15.7. The van der Waals surface area contributed by atoms with Crippen molar-refractivity contribution in [1.29, 1.82) is 0 Å². The van der Waals surface area contributed by atoms with E-state index in [0.717, 1.165) is 37.2 Å². The average Bonchev–Trinajstić information content (AvgIpc) is 4.01. The predicted octanol–water partition coefficient (Wildman–Crippen LogP) is 11.2. The summed E-state index contributed by atoms with van der Waals surface area (Å²) in [7, 11) is -3.15. The highest BCUT2D eigenvalue weighted by Crippen LogP contribution is 2.51. The summed E-state index contributed by atoms with van der Waals surface area (Å²) in [4.78, 5) is 2.78. The molecular weight excluding hydrogens is 902 g/mol. The number of anilines is 2. The van der Waals surface area contributed by atoms with E-state index in [9.17, 15) is 0 Å². The minimum absolute atomic E-state index is 0.0175. The smallest absolute Gasteiger partial charge is 0.250 e. The maximum absolute atomic E-state index is 7.72.